The van der Waals surface area contributed by atoms with Gasteiger partial charge in [-0.25, -0.2) is 4.79 Å². The Labute approximate surface area is 136 Å². The average molecular weight is 317 g/mol. The molecule has 0 fully saturated rings. The maximum atomic E-state index is 11.4. The van der Waals surface area contributed by atoms with Crippen molar-refractivity contribution in [1.29, 1.82) is 0 Å². The van der Waals surface area contributed by atoms with E-state index in [1.165, 1.54) is 6.08 Å². The fourth-order valence-electron chi connectivity index (χ4n) is 1.74. The third-order valence-corrected chi connectivity index (χ3v) is 3.01. The van der Waals surface area contributed by atoms with Crippen LogP contribution in [0.3, 0.4) is 0 Å². The van der Waals surface area contributed by atoms with Gasteiger partial charge in [-0.2, -0.15) is 5.48 Å². The van der Waals surface area contributed by atoms with Gasteiger partial charge in [-0.1, -0.05) is 50.1 Å². The Kier molecular flexibility index (Phi) is 8.90. The zero-order valence-corrected chi connectivity index (χ0v) is 13.6. The van der Waals surface area contributed by atoms with Gasteiger partial charge in [0.2, 0.25) is 0 Å². The first kappa shape index (κ1) is 18.5. The van der Waals surface area contributed by atoms with Crippen LogP contribution in [0, 0.1) is 0 Å². The lowest BCUT2D eigenvalue weighted by Crippen LogP contribution is -2.25. The van der Waals surface area contributed by atoms with E-state index in [0.29, 0.717) is 6.42 Å². The number of hydrogen-bond acceptors (Lipinski definition) is 4. The molecule has 0 bridgehead atoms. The standard InChI is InChI=1S/C18H23NO4/c1-3-4-5-10-18(21)23-19-17(20)9-7-6-8-15-11-13-16(22-2)14-12-15/h6-9,11-14H,3-5,10H2,1-2H3,(H,19,20)/b8-6+,9-7+. The van der Waals surface area contributed by atoms with E-state index in [9.17, 15) is 9.59 Å². The maximum absolute atomic E-state index is 11.4. The van der Waals surface area contributed by atoms with Crippen LogP contribution in [0.25, 0.3) is 6.08 Å². The molecule has 0 aliphatic rings. The van der Waals surface area contributed by atoms with Crippen LogP contribution in [0.15, 0.2) is 42.5 Å². The Bertz CT molecular complexity index is 547. The van der Waals surface area contributed by atoms with Gasteiger partial charge < -0.3 is 9.57 Å². The second-order valence-electron chi connectivity index (χ2n) is 4.89. The molecule has 1 N–H and O–H groups in total. The Morgan fingerprint density at radius 3 is 2.52 bits per heavy atom. The zero-order chi connectivity index (χ0) is 16.9. The summed E-state index contributed by atoms with van der Waals surface area (Å²) in [6.45, 7) is 2.05. The number of methoxy groups -OCH3 is 1. The molecule has 1 aromatic rings. The smallest absolute Gasteiger partial charge is 0.332 e. The number of nitrogens with one attached hydrogen (secondary N) is 1. The number of hydroxylamine groups is 1. The molecule has 5 nitrogen and oxygen atoms in total. The number of hydrogen-bond donors (Lipinski definition) is 1. The molecule has 0 aromatic heterocycles. The summed E-state index contributed by atoms with van der Waals surface area (Å²) < 4.78 is 5.07. The summed E-state index contributed by atoms with van der Waals surface area (Å²) in [6, 6.07) is 7.52. The van der Waals surface area contributed by atoms with Crippen LogP contribution in [-0.2, 0) is 14.4 Å². The van der Waals surface area contributed by atoms with Crippen molar-refractivity contribution in [3.8, 4) is 5.75 Å². The number of ether oxygens (including phenoxy) is 1. The summed E-state index contributed by atoms with van der Waals surface area (Å²) >= 11 is 0. The maximum Gasteiger partial charge on any atom is 0.332 e. The van der Waals surface area contributed by atoms with Crippen LogP contribution in [0.4, 0.5) is 0 Å². The van der Waals surface area contributed by atoms with Gasteiger partial charge >= 0.3 is 5.97 Å². The van der Waals surface area contributed by atoms with Gasteiger partial charge in [-0.3, -0.25) is 4.79 Å². The molecule has 23 heavy (non-hydrogen) atoms. The Morgan fingerprint density at radius 1 is 1.13 bits per heavy atom. The quantitative estimate of drug-likeness (QED) is 0.345. The fraction of sp³-hybridized carbons (Fsp3) is 0.333. The molecule has 0 saturated carbocycles. The molecule has 0 unspecified atom stereocenters. The van der Waals surface area contributed by atoms with E-state index in [2.05, 4.69) is 17.2 Å². The first-order valence-electron chi connectivity index (χ1n) is 7.64. The van der Waals surface area contributed by atoms with E-state index in [1.807, 2.05) is 30.3 Å². The molecule has 0 atom stereocenters. The lowest BCUT2D eigenvalue weighted by Gasteiger charge is -2.02. The van der Waals surface area contributed by atoms with Gasteiger partial charge in [0.05, 0.1) is 7.11 Å². The molecule has 0 saturated heterocycles. The van der Waals surface area contributed by atoms with Crippen molar-refractivity contribution < 1.29 is 19.2 Å². The van der Waals surface area contributed by atoms with Crippen molar-refractivity contribution in [2.75, 3.05) is 7.11 Å². The van der Waals surface area contributed by atoms with E-state index in [4.69, 9.17) is 4.74 Å². The Hall–Kier alpha value is -2.56. The lowest BCUT2D eigenvalue weighted by molar-refractivity contribution is -0.156. The van der Waals surface area contributed by atoms with Crippen molar-refractivity contribution in [3.05, 3.63) is 48.1 Å². The van der Waals surface area contributed by atoms with E-state index in [-0.39, 0.29) is 0 Å². The fourth-order valence-corrected chi connectivity index (χ4v) is 1.74. The highest BCUT2D eigenvalue weighted by Gasteiger charge is 2.03. The molecule has 0 heterocycles. The minimum absolute atomic E-state index is 0.315. The second-order valence-corrected chi connectivity index (χ2v) is 4.89. The van der Waals surface area contributed by atoms with Crippen molar-refractivity contribution in [1.82, 2.24) is 5.48 Å². The average Bonchev–Trinajstić information content (AvgIpc) is 2.57. The number of rotatable bonds is 8. The minimum Gasteiger partial charge on any atom is -0.497 e. The van der Waals surface area contributed by atoms with Gasteiger partial charge in [0.15, 0.2) is 0 Å². The normalized spacial score (nSPS) is 10.9. The molecular weight excluding hydrogens is 294 g/mol. The molecule has 1 aromatic carbocycles. The number of unbranched alkanes of at least 4 members (excludes halogenated alkanes) is 2. The summed E-state index contributed by atoms with van der Waals surface area (Å²) in [5.74, 6) is -0.111. The molecule has 1 amide bonds. The van der Waals surface area contributed by atoms with Crippen LogP contribution in [0.2, 0.25) is 0 Å². The first-order chi connectivity index (χ1) is 11.2. The third kappa shape index (κ3) is 8.46. The predicted molar refractivity (Wildman–Crippen MR) is 89.5 cm³/mol. The highest BCUT2D eigenvalue weighted by Crippen LogP contribution is 2.12. The van der Waals surface area contributed by atoms with Crippen molar-refractivity contribution in [3.63, 3.8) is 0 Å². The minimum atomic E-state index is -0.478. The molecule has 5 heteroatoms. The van der Waals surface area contributed by atoms with Gasteiger partial charge in [-0.15, -0.1) is 0 Å². The molecular formula is C18H23NO4. The highest BCUT2D eigenvalue weighted by molar-refractivity contribution is 5.88. The summed E-state index contributed by atoms with van der Waals surface area (Å²) in [5, 5.41) is 0. The molecule has 1 rings (SSSR count). The summed E-state index contributed by atoms with van der Waals surface area (Å²) in [6.07, 6.45) is 9.52. The van der Waals surface area contributed by atoms with Crippen LogP contribution < -0.4 is 10.2 Å². The van der Waals surface area contributed by atoms with E-state index < -0.39 is 11.9 Å². The van der Waals surface area contributed by atoms with Crippen molar-refractivity contribution in [2.45, 2.75) is 32.6 Å². The summed E-state index contributed by atoms with van der Waals surface area (Å²) in [5.41, 5.74) is 3.08. The largest absolute Gasteiger partial charge is 0.497 e. The molecule has 0 spiro atoms. The zero-order valence-electron chi connectivity index (χ0n) is 13.6. The molecule has 0 aliphatic carbocycles. The summed E-state index contributed by atoms with van der Waals surface area (Å²) in [4.78, 5) is 27.4. The van der Waals surface area contributed by atoms with Crippen LogP contribution in [0.5, 0.6) is 5.75 Å². The van der Waals surface area contributed by atoms with Gasteiger partial charge in [0, 0.05) is 12.5 Å². The lowest BCUT2D eigenvalue weighted by atomic mass is 10.2. The topological polar surface area (TPSA) is 64.6 Å². The van der Waals surface area contributed by atoms with Crippen molar-refractivity contribution in [2.24, 2.45) is 0 Å². The number of carbonyl (C=O) groups is 2. The summed E-state index contributed by atoms with van der Waals surface area (Å²) in [7, 11) is 1.61. The van der Waals surface area contributed by atoms with E-state index >= 15 is 0 Å². The molecule has 0 radical (unpaired) electrons. The van der Waals surface area contributed by atoms with E-state index in [0.717, 1.165) is 30.6 Å². The van der Waals surface area contributed by atoms with Gasteiger partial charge in [-0.05, 0) is 24.1 Å². The highest BCUT2D eigenvalue weighted by atomic mass is 16.7. The molecule has 0 aliphatic heterocycles. The number of carbonyl (C=O) groups excluding carboxylic acids is 2. The van der Waals surface area contributed by atoms with E-state index in [1.54, 1.807) is 19.3 Å². The number of allylic oxidation sites excluding steroid dienone is 2. The Morgan fingerprint density at radius 2 is 1.87 bits per heavy atom. The monoisotopic (exact) mass is 317 g/mol. The van der Waals surface area contributed by atoms with Gasteiger partial charge in [0.25, 0.3) is 5.91 Å². The number of amides is 1. The second kappa shape index (κ2) is 11.1. The number of benzene rings is 1. The Balaban J connectivity index is 2.28. The van der Waals surface area contributed by atoms with Crippen LogP contribution >= 0.6 is 0 Å². The third-order valence-electron chi connectivity index (χ3n) is 3.01. The van der Waals surface area contributed by atoms with Crippen LogP contribution in [0.1, 0.15) is 38.2 Å². The van der Waals surface area contributed by atoms with Crippen LogP contribution in [-0.4, -0.2) is 19.0 Å². The van der Waals surface area contributed by atoms with Crippen molar-refractivity contribution >= 4 is 18.0 Å². The molecule has 124 valence electrons. The first-order valence-corrected chi connectivity index (χ1v) is 7.64. The SMILES string of the molecule is CCCCCC(=O)ONC(=O)/C=C/C=C/c1ccc(OC)cc1. The predicted octanol–water partition coefficient (Wildman–Crippen LogP) is 3.42. The van der Waals surface area contributed by atoms with Gasteiger partial charge in [0.1, 0.15) is 5.75 Å².